The molecule has 0 radical (unpaired) electrons. The Kier molecular flexibility index (Phi) is 4.91. The topological polar surface area (TPSA) is 74.0 Å². The molecular formula is C12H16BrN5O2. The monoisotopic (exact) mass is 341 g/mol. The summed E-state index contributed by atoms with van der Waals surface area (Å²) in [5.41, 5.74) is 1.24. The van der Waals surface area contributed by atoms with Crippen LogP contribution in [0, 0.1) is 0 Å². The maximum atomic E-state index is 11.9. The van der Waals surface area contributed by atoms with Gasteiger partial charge in [-0.15, -0.1) is 0 Å². The number of methoxy groups -OCH3 is 1. The van der Waals surface area contributed by atoms with Crippen molar-refractivity contribution in [1.82, 2.24) is 19.6 Å². The van der Waals surface area contributed by atoms with Crippen LogP contribution in [0.2, 0.25) is 0 Å². The molecule has 108 valence electrons. The Labute approximate surface area is 124 Å². The van der Waals surface area contributed by atoms with Gasteiger partial charge in [0.2, 0.25) is 0 Å². The van der Waals surface area contributed by atoms with E-state index in [2.05, 4.69) is 31.4 Å². The lowest BCUT2D eigenvalue weighted by Crippen LogP contribution is -2.23. The molecule has 0 aliphatic carbocycles. The minimum absolute atomic E-state index is 0.163. The maximum Gasteiger partial charge on any atom is 0.283 e. The van der Waals surface area contributed by atoms with Gasteiger partial charge in [-0.3, -0.25) is 9.48 Å². The van der Waals surface area contributed by atoms with Crippen molar-refractivity contribution < 1.29 is 4.74 Å². The largest absolute Gasteiger partial charge is 0.383 e. The average Bonchev–Trinajstić information content (AvgIpc) is 2.89. The first-order chi connectivity index (χ1) is 9.65. The zero-order valence-corrected chi connectivity index (χ0v) is 12.9. The lowest BCUT2D eigenvalue weighted by molar-refractivity contribution is 0.183. The lowest BCUT2D eigenvalue weighted by atomic mass is 10.4. The van der Waals surface area contributed by atoms with Gasteiger partial charge in [-0.25, -0.2) is 4.68 Å². The third kappa shape index (κ3) is 3.26. The number of halogens is 1. The number of nitrogens with one attached hydrogen (secondary N) is 1. The minimum atomic E-state index is -0.163. The summed E-state index contributed by atoms with van der Waals surface area (Å²) in [7, 11) is 1.65. The van der Waals surface area contributed by atoms with Crippen LogP contribution in [0.4, 0.5) is 11.4 Å². The maximum absolute atomic E-state index is 11.9. The number of nitrogens with zero attached hydrogens (tertiary/aromatic N) is 4. The average molecular weight is 342 g/mol. The van der Waals surface area contributed by atoms with Gasteiger partial charge in [-0.05, 0) is 22.9 Å². The highest BCUT2D eigenvalue weighted by Crippen LogP contribution is 2.21. The second-order valence-electron chi connectivity index (χ2n) is 4.10. The SMILES string of the molecule is CCn1ncc(Nc2cnn(CCOC)c2)c(Br)c1=O. The number of anilines is 2. The van der Waals surface area contributed by atoms with Crippen LogP contribution in [0.1, 0.15) is 6.92 Å². The van der Waals surface area contributed by atoms with Crippen molar-refractivity contribution in [3.63, 3.8) is 0 Å². The highest BCUT2D eigenvalue weighted by Gasteiger charge is 2.09. The van der Waals surface area contributed by atoms with E-state index in [1.165, 1.54) is 4.68 Å². The van der Waals surface area contributed by atoms with Crippen LogP contribution in [0.15, 0.2) is 27.9 Å². The molecule has 8 heteroatoms. The lowest BCUT2D eigenvalue weighted by Gasteiger charge is -2.07. The van der Waals surface area contributed by atoms with Crippen LogP contribution >= 0.6 is 15.9 Å². The van der Waals surface area contributed by atoms with E-state index < -0.39 is 0 Å². The molecule has 0 bridgehead atoms. The third-order valence-corrected chi connectivity index (χ3v) is 3.49. The van der Waals surface area contributed by atoms with Crippen molar-refractivity contribution in [2.45, 2.75) is 20.0 Å². The van der Waals surface area contributed by atoms with E-state index in [1.807, 2.05) is 13.1 Å². The summed E-state index contributed by atoms with van der Waals surface area (Å²) in [4.78, 5) is 11.9. The van der Waals surface area contributed by atoms with Gasteiger partial charge in [0.15, 0.2) is 0 Å². The number of rotatable bonds is 6. The van der Waals surface area contributed by atoms with Gasteiger partial charge in [0, 0.05) is 19.9 Å². The molecule has 0 saturated heterocycles. The van der Waals surface area contributed by atoms with Crippen molar-refractivity contribution in [3.8, 4) is 0 Å². The fraction of sp³-hybridized carbons (Fsp3) is 0.417. The highest BCUT2D eigenvalue weighted by molar-refractivity contribution is 9.10. The van der Waals surface area contributed by atoms with E-state index in [0.717, 1.165) is 5.69 Å². The molecule has 1 N–H and O–H groups in total. The molecule has 0 aromatic carbocycles. The number of hydrogen-bond acceptors (Lipinski definition) is 5. The van der Waals surface area contributed by atoms with Crippen LogP contribution in [-0.4, -0.2) is 33.3 Å². The van der Waals surface area contributed by atoms with Crippen LogP contribution in [0.3, 0.4) is 0 Å². The Morgan fingerprint density at radius 3 is 2.90 bits per heavy atom. The molecule has 2 rings (SSSR count). The molecule has 0 aliphatic rings. The van der Waals surface area contributed by atoms with Crippen LogP contribution in [0.5, 0.6) is 0 Å². The highest BCUT2D eigenvalue weighted by atomic mass is 79.9. The fourth-order valence-corrected chi connectivity index (χ4v) is 2.07. The fourth-order valence-electron chi connectivity index (χ4n) is 1.67. The Balaban J connectivity index is 2.16. The quantitative estimate of drug-likeness (QED) is 0.863. The minimum Gasteiger partial charge on any atom is -0.383 e. The number of hydrogen-bond donors (Lipinski definition) is 1. The summed E-state index contributed by atoms with van der Waals surface area (Å²) in [6, 6.07) is 0. The molecule has 0 amide bonds. The van der Waals surface area contributed by atoms with Gasteiger partial charge in [0.05, 0.1) is 36.9 Å². The summed E-state index contributed by atoms with van der Waals surface area (Å²) in [5.74, 6) is 0. The first kappa shape index (κ1) is 14.7. The van der Waals surface area contributed by atoms with Crippen LogP contribution in [0.25, 0.3) is 0 Å². The van der Waals surface area contributed by atoms with Gasteiger partial charge in [0.25, 0.3) is 5.56 Å². The van der Waals surface area contributed by atoms with Crippen LogP contribution < -0.4 is 10.9 Å². The molecule has 0 unspecified atom stereocenters. The van der Waals surface area contributed by atoms with Gasteiger partial charge in [-0.2, -0.15) is 10.2 Å². The molecule has 2 heterocycles. The molecule has 0 saturated carbocycles. The van der Waals surface area contributed by atoms with Gasteiger partial charge in [0.1, 0.15) is 4.47 Å². The van der Waals surface area contributed by atoms with Gasteiger partial charge in [-0.1, -0.05) is 0 Å². The van der Waals surface area contributed by atoms with E-state index in [-0.39, 0.29) is 5.56 Å². The molecule has 20 heavy (non-hydrogen) atoms. The molecule has 0 aliphatic heterocycles. The van der Waals surface area contributed by atoms with E-state index in [9.17, 15) is 4.79 Å². The predicted octanol–water partition coefficient (Wildman–Crippen LogP) is 1.61. The second-order valence-corrected chi connectivity index (χ2v) is 4.90. The number of aryl methyl sites for hydroxylation is 1. The third-order valence-electron chi connectivity index (χ3n) is 2.72. The Morgan fingerprint density at radius 1 is 1.40 bits per heavy atom. The Bertz CT molecular complexity index is 637. The van der Waals surface area contributed by atoms with Crippen LogP contribution in [-0.2, 0) is 17.8 Å². The predicted molar refractivity (Wildman–Crippen MR) is 79.3 cm³/mol. The summed E-state index contributed by atoms with van der Waals surface area (Å²) < 4.78 is 8.60. The molecular weight excluding hydrogens is 326 g/mol. The van der Waals surface area contributed by atoms with Gasteiger partial charge >= 0.3 is 0 Å². The normalized spacial score (nSPS) is 10.8. The smallest absolute Gasteiger partial charge is 0.283 e. The summed E-state index contributed by atoms with van der Waals surface area (Å²) in [6.07, 6.45) is 5.14. The zero-order valence-electron chi connectivity index (χ0n) is 11.3. The number of ether oxygens (including phenoxy) is 1. The van der Waals surface area contributed by atoms with E-state index in [0.29, 0.717) is 29.9 Å². The van der Waals surface area contributed by atoms with Crippen molar-refractivity contribution in [2.75, 3.05) is 19.0 Å². The zero-order chi connectivity index (χ0) is 14.5. The standard InChI is InChI=1S/C12H16BrN5O2/c1-3-18-12(19)11(13)10(7-15-18)16-9-6-14-17(8-9)4-5-20-2/h6-8,16H,3-5H2,1-2H3. The van der Waals surface area contributed by atoms with E-state index >= 15 is 0 Å². The first-order valence-corrected chi connectivity index (χ1v) is 6.99. The van der Waals surface area contributed by atoms with E-state index in [1.54, 1.807) is 24.2 Å². The summed E-state index contributed by atoms with van der Waals surface area (Å²) in [5, 5.41) is 11.4. The summed E-state index contributed by atoms with van der Waals surface area (Å²) in [6.45, 7) is 3.67. The second kappa shape index (κ2) is 6.67. The molecule has 0 fully saturated rings. The van der Waals surface area contributed by atoms with E-state index in [4.69, 9.17) is 4.74 Å². The summed E-state index contributed by atoms with van der Waals surface area (Å²) >= 11 is 3.30. The Hall–Kier alpha value is -1.67. The molecule has 0 spiro atoms. The first-order valence-electron chi connectivity index (χ1n) is 6.19. The molecule has 0 atom stereocenters. The van der Waals surface area contributed by atoms with Crippen molar-refractivity contribution in [1.29, 1.82) is 0 Å². The van der Waals surface area contributed by atoms with Crippen molar-refractivity contribution in [3.05, 3.63) is 33.4 Å². The number of aromatic nitrogens is 4. The molecule has 2 aromatic rings. The van der Waals surface area contributed by atoms with Crippen molar-refractivity contribution >= 4 is 27.3 Å². The van der Waals surface area contributed by atoms with Crippen molar-refractivity contribution in [2.24, 2.45) is 0 Å². The molecule has 7 nitrogen and oxygen atoms in total. The van der Waals surface area contributed by atoms with Gasteiger partial charge < -0.3 is 10.1 Å². The Morgan fingerprint density at radius 2 is 2.20 bits per heavy atom. The molecule has 2 aromatic heterocycles.